The molecule has 1 aromatic heterocycles. The minimum absolute atomic E-state index is 0. The molecular weight excluding hydrogens is 340 g/mol. The number of nitrogens with two attached hydrogens (primary N) is 1. The van der Waals surface area contributed by atoms with Gasteiger partial charge in [-0.05, 0) is 30.0 Å². The van der Waals surface area contributed by atoms with Crippen LogP contribution >= 0.6 is 12.4 Å². The van der Waals surface area contributed by atoms with E-state index in [1.807, 2.05) is 24.3 Å². The van der Waals surface area contributed by atoms with Crippen LogP contribution in [0.2, 0.25) is 0 Å². The van der Waals surface area contributed by atoms with Crippen LogP contribution in [0.25, 0.3) is 0 Å². The highest BCUT2D eigenvalue weighted by molar-refractivity contribution is 5.93. The lowest BCUT2D eigenvalue weighted by Gasteiger charge is -2.18. The van der Waals surface area contributed by atoms with Crippen LogP contribution in [0.4, 0.5) is 0 Å². The number of hydrogen-bond acceptors (Lipinski definition) is 4. The van der Waals surface area contributed by atoms with Gasteiger partial charge >= 0.3 is 0 Å². The van der Waals surface area contributed by atoms with E-state index >= 15 is 0 Å². The first kappa shape index (κ1) is 21.0. The summed E-state index contributed by atoms with van der Waals surface area (Å²) in [6.45, 7) is 5.26. The zero-order valence-corrected chi connectivity index (χ0v) is 15.8. The van der Waals surface area contributed by atoms with E-state index in [1.54, 1.807) is 24.2 Å². The van der Waals surface area contributed by atoms with Gasteiger partial charge in [0.15, 0.2) is 0 Å². The number of methoxy groups -OCH3 is 1. The summed E-state index contributed by atoms with van der Waals surface area (Å²) in [4.78, 5) is 12.3. The Hall–Kier alpha value is -2.05. The van der Waals surface area contributed by atoms with Gasteiger partial charge in [-0.2, -0.15) is 5.10 Å². The van der Waals surface area contributed by atoms with Crippen molar-refractivity contribution in [1.29, 1.82) is 0 Å². The number of carbonyl (C=O) groups excluding carboxylic acids is 1. The van der Waals surface area contributed by atoms with Gasteiger partial charge in [-0.15, -0.1) is 12.4 Å². The van der Waals surface area contributed by atoms with Crippen LogP contribution < -0.4 is 15.8 Å². The summed E-state index contributed by atoms with van der Waals surface area (Å²) in [5.41, 5.74) is 7.37. The Bertz CT molecular complexity index is 655. The van der Waals surface area contributed by atoms with Crippen molar-refractivity contribution in [2.45, 2.75) is 32.9 Å². The van der Waals surface area contributed by atoms with Crippen molar-refractivity contribution in [3.63, 3.8) is 0 Å². The highest BCUT2D eigenvalue weighted by Crippen LogP contribution is 2.12. The SMILES string of the molecule is COc1ccc(Cn2cc(C(=O)NC(CN)CC(C)C)cn2)cc1.Cl. The average Bonchev–Trinajstić information content (AvgIpc) is 3.03. The van der Waals surface area contributed by atoms with Crippen molar-refractivity contribution in [2.75, 3.05) is 13.7 Å². The summed E-state index contributed by atoms with van der Waals surface area (Å²) in [6.07, 6.45) is 4.20. The predicted octanol–water partition coefficient (Wildman–Crippen LogP) is 2.47. The third-order valence-electron chi connectivity index (χ3n) is 3.77. The third kappa shape index (κ3) is 6.40. The maximum absolute atomic E-state index is 12.3. The topological polar surface area (TPSA) is 82.2 Å². The molecule has 2 rings (SSSR count). The van der Waals surface area contributed by atoms with E-state index in [9.17, 15) is 4.79 Å². The molecule has 6 nitrogen and oxygen atoms in total. The van der Waals surface area contributed by atoms with E-state index in [-0.39, 0.29) is 24.4 Å². The van der Waals surface area contributed by atoms with Crippen molar-refractivity contribution in [3.05, 3.63) is 47.8 Å². The Morgan fingerprint density at radius 2 is 2.00 bits per heavy atom. The molecule has 0 aliphatic rings. The molecule has 0 aliphatic carbocycles. The van der Waals surface area contributed by atoms with Crippen molar-refractivity contribution in [1.82, 2.24) is 15.1 Å². The Labute approximate surface area is 155 Å². The number of carbonyl (C=O) groups is 1. The van der Waals surface area contributed by atoms with Crippen LogP contribution in [0.1, 0.15) is 36.2 Å². The van der Waals surface area contributed by atoms with E-state index in [4.69, 9.17) is 10.5 Å². The predicted molar refractivity (Wildman–Crippen MR) is 101 cm³/mol. The number of amides is 1. The number of halogens is 1. The molecule has 0 saturated heterocycles. The van der Waals surface area contributed by atoms with E-state index in [2.05, 4.69) is 24.3 Å². The van der Waals surface area contributed by atoms with Crippen molar-refractivity contribution in [2.24, 2.45) is 11.7 Å². The van der Waals surface area contributed by atoms with E-state index in [0.29, 0.717) is 24.6 Å². The second-order valence-corrected chi connectivity index (χ2v) is 6.31. The summed E-state index contributed by atoms with van der Waals surface area (Å²) < 4.78 is 6.89. The number of aromatic nitrogens is 2. The lowest BCUT2D eigenvalue weighted by atomic mass is 10.0. The third-order valence-corrected chi connectivity index (χ3v) is 3.77. The van der Waals surface area contributed by atoms with Gasteiger partial charge in [0.1, 0.15) is 5.75 Å². The largest absolute Gasteiger partial charge is 0.497 e. The van der Waals surface area contributed by atoms with Gasteiger partial charge in [-0.3, -0.25) is 9.48 Å². The number of nitrogens with one attached hydrogen (secondary N) is 1. The lowest BCUT2D eigenvalue weighted by molar-refractivity contribution is 0.0933. The van der Waals surface area contributed by atoms with E-state index in [1.165, 1.54) is 0 Å². The molecule has 0 fully saturated rings. The standard InChI is InChI=1S/C18H26N4O2.ClH/c1-13(2)8-16(9-19)21-18(23)15-10-20-22(12-15)11-14-4-6-17(24-3)7-5-14;/h4-7,10,12-13,16H,8-9,11,19H2,1-3H3,(H,21,23);1H. The first-order valence-corrected chi connectivity index (χ1v) is 8.18. The molecule has 1 atom stereocenters. The second-order valence-electron chi connectivity index (χ2n) is 6.31. The summed E-state index contributed by atoms with van der Waals surface area (Å²) in [5.74, 6) is 1.17. The van der Waals surface area contributed by atoms with Gasteiger partial charge in [-0.25, -0.2) is 0 Å². The molecule has 3 N–H and O–H groups in total. The Morgan fingerprint density at radius 1 is 1.32 bits per heavy atom. The van der Waals surface area contributed by atoms with Gasteiger partial charge in [0.2, 0.25) is 0 Å². The fourth-order valence-corrected chi connectivity index (χ4v) is 2.54. The molecule has 1 heterocycles. The van der Waals surface area contributed by atoms with Crippen LogP contribution in [0, 0.1) is 5.92 Å². The quantitative estimate of drug-likeness (QED) is 0.751. The fraction of sp³-hybridized carbons (Fsp3) is 0.444. The normalized spacial score (nSPS) is 11.7. The molecule has 0 spiro atoms. The molecule has 1 amide bonds. The number of benzene rings is 1. The molecule has 2 aromatic rings. The Morgan fingerprint density at radius 3 is 2.56 bits per heavy atom. The second kappa shape index (κ2) is 10.1. The van der Waals surface area contributed by atoms with Gasteiger partial charge in [0.05, 0.1) is 25.4 Å². The number of hydrogen-bond donors (Lipinski definition) is 2. The Kier molecular flexibility index (Phi) is 8.45. The highest BCUT2D eigenvalue weighted by atomic mass is 35.5. The molecule has 0 saturated carbocycles. The average molecular weight is 367 g/mol. The smallest absolute Gasteiger partial charge is 0.254 e. The van der Waals surface area contributed by atoms with Gasteiger partial charge in [0, 0.05) is 18.8 Å². The van der Waals surface area contributed by atoms with Gasteiger partial charge in [0.25, 0.3) is 5.91 Å². The summed E-state index contributed by atoms with van der Waals surface area (Å²) in [6, 6.07) is 7.76. The molecule has 1 unspecified atom stereocenters. The first-order chi connectivity index (χ1) is 11.5. The minimum atomic E-state index is -0.132. The lowest BCUT2D eigenvalue weighted by Crippen LogP contribution is -2.40. The summed E-state index contributed by atoms with van der Waals surface area (Å²) in [5, 5.41) is 7.24. The van der Waals surface area contributed by atoms with Gasteiger partial charge < -0.3 is 15.8 Å². The van der Waals surface area contributed by atoms with Crippen molar-refractivity contribution >= 4 is 18.3 Å². The van der Waals surface area contributed by atoms with Crippen LogP contribution in [0.15, 0.2) is 36.7 Å². The highest BCUT2D eigenvalue weighted by Gasteiger charge is 2.15. The molecule has 138 valence electrons. The summed E-state index contributed by atoms with van der Waals surface area (Å²) >= 11 is 0. The fourth-order valence-electron chi connectivity index (χ4n) is 2.54. The van der Waals surface area contributed by atoms with Crippen LogP contribution in [0.5, 0.6) is 5.75 Å². The summed E-state index contributed by atoms with van der Waals surface area (Å²) in [7, 11) is 1.64. The maximum Gasteiger partial charge on any atom is 0.254 e. The van der Waals surface area contributed by atoms with Gasteiger partial charge in [-0.1, -0.05) is 26.0 Å². The molecule has 0 radical (unpaired) electrons. The monoisotopic (exact) mass is 366 g/mol. The van der Waals surface area contributed by atoms with Crippen molar-refractivity contribution < 1.29 is 9.53 Å². The van der Waals surface area contributed by atoms with Crippen LogP contribution in [-0.2, 0) is 6.54 Å². The van der Waals surface area contributed by atoms with Crippen LogP contribution in [-0.4, -0.2) is 35.4 Å². The molecular formula is C18H27ClN4O2. The Balaban J connectivity index is 0.00000312. The number of ether oxygens (including phenoxy) is 1. The molecule has 25 heavy (non-hydrogen) atoms. The maximum atomic E-state index is 12.3. The zero-order valence-electron chi connectivity index (χ0n) is 14.9. The molecule has 7 heteroatoms. The zero-order chi connectivity index (χ0) is 17.5. The number of rotatable bonds is 8. The number of nitrogens with zero attached hydrogens (tertiary/aromatic N) is 2. The molecule has 1 aromatic carbocycles. The molecule has 0 aliphatic heterocycles. The van der Waals surface area contributed by atoms with Crippen molar-refractivity contribution in [3.8, 4) is 5.75 Å². The van der Waals surface area contributed by atoms with E-state index < -0.39 is 0 Å². The first-order valence-electron chi connectivity index (χ1n) is 8.18. The minimum Gasteiger partial charge on any atom is -0.497 e. The molecule has 0 bridgehead atoms. The van der Waals surface area contributed by atoms with Crippen LogP contribution in [0.3, 0.4) is 0 Å². The van der Waals surface area contributed by atoms with E-state index in [0.717, 1.165) is 17.7 Å².